The number of amidine groups is 1. The van der Waals surface area contributed by atoms with Gasteiger partial charge in [0.2, 0.25) is 0 Å². The Labute approximate surface area is 96.2 Å². The Bertz CT molecular complexity index is 302. The minimum absolute atomic E-state index is 0.341. The monoisotopic (exact) mass is 227 g/mol. The van der Waals surface area contributed by atoms with E-state index >= 15 is 0 Å². The number of aliphatic imine (C=N–C) groups is 1. The highest BCUT2D eigenvalue weighted by Gasteiger charge is 2.27. The van der Waals surface area contributed by atoms with Crippen molar-refractivity contribution in [2.75, 3.05) is 6.54 Å². The van der Waals surface area contributed by atoms with Gasteiger partial charge in [0.1, 0.15) is 5.54 Å². The molecule has 0 spiro atoms. The lowest BCUT2D eigenvalue weighted by Crippen LogP contribution is -2.44. The Morgan fingerprint density at radius 3 is 2.50 bits per heavy atom. The molecule has 0 amide bonds. The van der Waals surface area contributed by atoms with Crippen molar-refractivity contribution in [1.82, 2.24) is 0 Å². The van der Waals surface area contributed by atoms with Crippen LogP contribution in [0.1, 0.15) is 33.6 Å². The maximum absolute atomic E-state index is 10.8. The van der Waals surface area contributed by atoms with Gasteiger partial charge in [-0.3, -0.25) is 9.79 Å². The fourth-order valence-electron chi connectivity index (χ4n) is 1.28. The molecule has 0 heterocycles. The third-order valence-electron chi connectivity index (χ3n) is 2.12. The molecule has 0 aliphatic heterocycles. The van der Waals surface area contributed by atoms with Crippen LogP contribution < -0.4 is 11.5 Å². The van der Waals surface area contributed by atoms with E-state index in [1.807, 2.05) is 13.0 Å². The predicted octanol–water partition coefficient (Wildman–Crippen LogP) is 0.892. The summed E-state index contributed by atoms with van der Waals surface area (Å²) >= 11 is 0. The minimum atomic E-state index is -1.20. The van der Waals surface area contributed by atoms with Crippen LogP contribution in [0.25, 0.3) is 0 Å². The zero-order chi connectivity index (χ0) is 12.8. The summed E-state index contributed by atoms with van der Waals surface area (Å²) < 4.78 is 0. The van der Waals surface area contributed by atoms with E-state index in [1.165, 1.54) is 6.92 Å². The molecular weight excluding hydrogens is 206 g/mol. The molecule has 0 saturated heterocycles. The van der Waals surface area contributed by atoms with E-state index in [9.17, 15) is 4.79 Å². The first-order valence-electron chi connectivity index (χ1n) is 5.20. The van der Waals surface area contributed by atoms with Gasteiger partial charge in [0.05, 0.1) is 5.84 Å². The number of carbonyl (C=O) groups is 1. The Morgan fingerprint density at radius 2 is 2.06 bits per heavy atom. The molecule has 0 bridgehead atoms. The molecule has 0 aromatic rings. The van der Waals surface area contributed by atoms with E-state index in [0.717, 1.165) is 12.0 Å². The summed E-state index contributed by atoms with van der Waals surface area (Å²) in [6, 6.07) is 0. The van der Waals surface area contributed by atoms with Crippen molar-refractivity contribution in [2.45, 2.75) is 39.2 Å². The summed E-state index contributed by atoms with van der Waals surface area (Å²) in [5, 5.41) is 8.84. The molecule has 0 aromatic heterocycles. The number of hydrogen-bond acceptors (Lipinski definition) is 3. The van der Waals surface area contributed by atoms with E-state index < -0.39 is 11.5 Å². The molecule has 0 radical (unpaired) electrons. The molecule has 0 aliphatic carbocycles. The maximum atomic E-state index is 10.8. The van der Waals surface area contributed by atoms with Crippen LogP contribution in [0.4, 0.5) is 0 Å². The van der Waals surface area contributed by atoms with Crippen molar-refractivity contribution in [2.24, 2.45) is 16.5 Å². The molecule has 92 valence electrons. The third-order valence-corrected chi connectivity index (χ3v) is 2.12. The van der Waals surface area contributed by atoms with Crippen LogP contribution in [0, 0.1) is 0 Å². The Balaban J connectivity index is 4.16. The van der Waals surface area contributed by atoms with Crippen LogP contribution >= 0.6 is 0 Å². The lowest BCUT2D eigenvalue weighted by atomic mass is 9.94. The fraction of sp³-hybridized carbons (Fsp3) is 0.636. The van der Waals surface area contributed by atoms with Crippen LogP contribution in [0.15, 0.2) is 16.6 Å². The van der Waals surface area contributed by atoms with Gasteiger partial charge in [-0.05, 0) is 33.6 Å². The first kappa shape index (κ1) is 14.6. The molecule has 5 heteroatoms. The van der Waals surface area contributed by atoms with Crippen LogP contribution in [0.2, 0.25) is 0 Å². The molecule has 0 fully saturated rings. The normalized spacial score (nSPS) is 17.0. The number of carboxylic acid groups (broad SMARTS) is 1. The molecule has 1 atom stereocenters. The number of hydrogen-bond donors (Lipinski definition) is 3. The molecule has 5 nitrogen and oxygen atoms in total. The number of nitrogens with two attached hydrogens (primary N) is 2. The van der Waals surface area contributed by atoms with Crippen LogP contribution in [-0.4, -0.2) is 29.0 Å². The van der Waals surface area contributed by atoms with Gasteiger partial charge >= 0.3 is 5.97 Å². The average molecular weight is 227 g/mol. The zero-order valence-corrected chi connectivity index (χ0v) is 10.2. The Hall–Kier alpha value is -1.36. The van der Waals surface area contributed by atoms with E-state index in [-0.39, 0.29) is 0 Å². The van der Waals surface area contributed by atoms with Gasteiger partial charge in [-0.25, -0.2) is 0 Å². The SMILES string of the molecule is CC(N)=NCC/C=C(/C)CC(C)(N)C(=O)O. The molecule has 0 aromatic carbocycles. The average Bonchev–Trinajstić information content (AvgIpc) is 2.11. The quantitative estimate of drug-likeness (QED) is 0.271. The molecular formula is C11H21N3O2. The van der Waals surface area contributed by atoms with E-state index in [2.05, 4.69) is 4.99 Å². The second-order valence-electron chi connectivity index (χ2n) is 4.26. The summed E-state index contributed by atoms with van der Waals surface area (Å²) in [7, 11) is 0. The van der Waals surface area contributed by atoms with Crippen LogP contribution in [0.5, 0.6) is 0 Å². The third kappa shape index (κ3) is 6.19. The number of aliphatic carboxylic acids is 1. The Kier molecular flexibility index (Phi) is 5.74. The van der Waals surface area contributed by atoms with E-state index in [1.54, 1.807) is 6.92 Å². The first-order chi connectivity index (χ1) is 7.25. The van der Waals surface area contributed by atoms with Gasteiger partial charge in [-0.1, -0.05) is 11.6 Å². The highest BCUT2D eigenvalue weighted by molar-refractivity contribution is 5.78. The molecule has 0 aliphatic rings. The van der Waals surface area contributed by atoms with Crippen molar-refractivity contribution in [3.05, 3.63) is 11.6 Å². The summed E-state index contributed by atoms with van der Waals surface area (Å²) in [6.45, 7) is 5.73. The molecule has 16 heavy (non-hydrogen) atoms. The summed E-state index contributed by atoms with van der Waals surface area (Å²) in [5.41, 5.74) is 10.8. The fourth-order valence-corrected chi connectivity index (χ4v) is 1.28. The van der Waals surface area contributed by atoms with Crippen molar-refractivity contribution < 1.29 is 9.90 Å². The van der Waals surface area contributed by atoms with Crippen molar-refractivity contribution in [3.8, 4) is 0 Å². The van der Waals surface area contributed by atoms with Gasteiger partial charge in [0.15, 0.2) is 0 Å². The lowest BCUT2D eigenvalue weighted by molar-refractivity contribution is -0.142. The second kappa shape index (κ2) is 6.27. The van der Waals surface area contributed by atoms with Crippen LogP contribution in [0.3, 0.4) is 0 Å². The summed E-state index contributed by atoms with van der Waals surface area (Å²) in [6.07, 6.45) is 3.03. The number of carboxylic acids is 1. The van der Waals surface area contributed by atoms with Gasteiger partial charge < -0.3 is 16.6 Å². The molecule has 1 unspecified atom stereocenters. The highest BCUT2D eigenvalue weighted by Crippen LogP contribution is 2.14. The van der Waals surface area contributed by atoms with Gasteiger partial charge in [0, 0.05) is 6.54 Å². The topological polar surface area (TPSA) is 102 Å². The Morgan fingerprint density at radius 1 is 1.50 bits per heavy atom. The highest BCUT2D eigenvalue weighted by atomic mass is 16.4. The molecule has 0 saturated carbocycles. The first-order valence-corrected chi connectivity index (χ1v) is 5.20. The van der Waals surface area contributed by atoms with Gasteiger partial charge in [0.25, 0.3) is 0 Å². The van der Waals surface area contributed by atoms with Gasteiger partial charge in [-0.15, -0.1) is 0 Å². The maximum Gasteiger partial charge on any atom is 0.323 e. The van der Waals surface area contributed by atoms with Crippen molar-refractivity contribution in [3.63, 3.8) is 0 Å². The lowest BCUT2D eigenvalue weighted by Gasteiger charge is -2.19. The van der Waals surface area contributed by atoms with E-state index in [4.69, 9.17) is 16.6 Å². The second-order valence-corrected chi connectivity index (χ2v) is 4.26. The minimum Gasteiger partial charge on any atom is -0.480 e. The van der Waals surface area contributed by atoms with Crippen molar-refractivity contribution >= 4 is 11.8 Å². The largest absolute Gasteiger partial charge is 0.480 e. The van der Waals surface area contributed by atoms with Crippen LogP contribution in [-0.2, 0) is 4.79 Å². The smallest absolute Gasteiger partial charge is 0.323 e. The molecule has 5 N–H and O–H groups in total. The number of nitrogens with zero attached hydrogens (tertiary/aromatic N) is 1. The van der Waals surface area contributed by atoms with E-state index in [0.29, 0.717) is 18.8 Å². The number of rotatable bonds is 6. The standard InChI is InChI=1S/C11H21N3O2/c1-8(5-4-6-14-9(2)12)7-11(3,13)10(15)16/h5H,4,6-7,13H2,1-3H3,(H2,12,14)(H,15,16)/b8-5-. The summed E-state index contributed by atoms with van der Waals surface area (Å²) in [5.74, 6) is -0.434. The molecule has 0 rings (SSSR count). The predicted molar refractivity (Wildman–Crippen MR) is 65.4 cm³/mol. The summed E-state index contributed by atoms with van der Waals surface area (Å²) in [4.78, 5) is 14.8. The van der Waals surface area contributed by atoms with Gasteiger partial charge in [-0.2, -0.15) is 0 Å². The van der Waals surface area contributed by atoms with Crippen molar-refractivity contribution in [1.29, 1.82) is 0 Å². The zero-order valence-electron chi connectivity index (χ0n) is 10.2.